The Hall–Kier alpha value is -3.07. The Balaban J connectivity index is 1.62. The van der Waals surface area contributed by atoms with E-state index in [2.05, 4.69) is 20.1 Å². The molecule has 9 heteroatoms. The molecule has 3 aliphatic heterocycles. The molecule has 222 valence electrons. The Kier molecular flexibility index (Phi) is 9.16. The SMILES string of the molecule is C=CCCOC(=O)[C@@H]1[C@@H]2CC(C)C3(S2)C(C(=O)N(CC=C)c2ccccc2Cl)N([C@@H](CO)Cc2ccccc2)C(=O)[C@H]13. The number of amides is 2. The van der Waals surface area contributed by atoms with Crippen molar-refractivity contribution in [2.45, 2.75) is 48.3 Å². The number of likely N-dealkylation sites (tertiary alicyclic amines) is 1. The summed E-state index contributed by atoms with van der Waals surface area (Å²) in [6.07, 6.45) is 4.88. The molecule has 7 atom stereocenters. The van der Waals surface area contributed by atoms with Crippen LogP contribution in [0.2, 0.25) is 5.02 Å². The van der Waals surface area contributed by atoms with Crippen LogP contribution in [0.5, 0.6) is 0 Å². The van der Waals surface area contributed by atoms with Gasteiger partial charge in [0.1, 0.15) is 6.04 Å². The van der Waals surface area contributed by atoms with Gasteiger partial charge in [-0.1, -0.05) is 73.1 Å². The summed E-state index contributed by atoms with van der Waals surface area (Å²) in [5.74, 6) is -2.45. The van der Waals surface area contributed by atoms with Crippen molar-refractivity contribution in [3.63, 3.8) is 0 Å². The Morgan fingerprint density at radius 2 is 1.90 bits per heavy atom. The van der Waals surface area contributed by atoms with Crippen LogP contribution in [0.25, 0.3) is 0 Å². The predicted octanol–water partition coefficient (Wildman–Crippen LogP) is 4.92. The number of carbonyl (C=O) groups excluding carboxylic acids is 3. The van der Waals surface area contributed by atoms with Crippen molar-refractivity contribution < 1.29 is 24.2 Å². The van der Waals surface area contributed by atoms with Crippen molar-refractivity contribution in [3.05, 3.63) is 90.5 Å². The van der Waals surface area contributed by atoms with Gasteiger partial charge in [-0.2, -0.15) is 0 Å². The Morgan fingerprint density at radius 3 is 2.57 bits per heavy atom. The van der Waals surface area contributed by atoms with E-state index in [4.69, 9.17) is 16.3 Å². The number of carbonyl (C=O) groups is 3. The summed E-state index contributed by atoms with van der Waals surface area (Å²) in [7, 11) is 0. The lowest BCUT2D eigenvalue weighted by Crippen LogP contribution is -2.59. The molecule has 5 rings (SSSR count). The molecule has 3 fully saturated rings. The van der Waals surface area contributed by atoms with Crippen LogP contribution in [0.4, 0.5) is 5.69 Å². The van der Waals surface area contributed by atoms with Gasteiger partial charge < -0.3 is 19.6 Å². The maximum absolute atomic E-state index is 14.9. The fourth-order valence-corrected chi connectivity index (χ4v) is 9.76. The predicted molar refractivity (Wildman–Crippen MR) is 166 cm³/mol. The van der Waals surface area contributed by atoms with Gasteiger partial charge in [-0.3, -0.25) is 14.4 Å². The number of para-hydroxylation sites is 1. The van der Waals surface area contributed by atoms with Crippen LogP contribution in [0, 0.1) is 17.8 Å². The molecule has 7 nitrogen and oxygen atoms in total. The van der Waals surface area contributed by atoms with Crippen LogP contribution in [-0.4, -0.2) is 69.6 Å². The van der Waals surface area contributed by atoms with E-state index in [1.165, 1.54) is 0 Å². The van der Waals surface area contributed by atoms with Gasteiger partial charge in [0.15, 0.2) is 0 Å². The van der Waals surface area contributed by atoms with E-state index in [1.54, 1.807) is 51.9 Å². The number of aliphatic hydroxyl groups is 1. The highest BCUT2D eigenvalue weighted by Crippen LogP contribution is 2.69. The lowest BCUT2D eigenvalue weighted by molar-refractivity contribution is -0.154. The third-order valence-corrected chi connectivity index (χ3v) is 11.3. The van der Waals surface area contributed by atoms with Gasteiger partial charge in [-0.05, 0) is 42.9 Å². The van der Waals surface area contributed by atoms with E-state index in [-0.39, 0.29) is 42.7 Å². The molecule has 0 aliphatic carbocycles. The Labute approximate surface area is 256 Å². The number of rotatable bonds is 12. The number of halogens is 1. The molecule has 2 aromatic carbocycles. The summed E-state index contributed by atoms with van der Waals surface area (Å²) < 4.78 is 4.75. The molecule has 3 heterocycles. The monoisotopic (exact) mass is 608 g/mol. The van der Waals surface area contributed by atoms with Crippen molar-refractivity contribution >= 4 is 46.8 Å². The van der Waals surface area contributed by atoms with E-state index < -0.39 is 34.6 Å². The zero-order valence-corrected chi connectivity index (χ0v) is 25.3. The molecule has 3 aliphatic rings. The smallest absolute Gasteiger partial charge is 0.310 e. The average molecular weight is 609 g/mol. The lowest BCUT2D eigenvalue weighted by atomic mass is 9.66. The molecular weight excluding hydrogens is 572 g/mol. The van der Waals surface area contributed by atoms with E-state index in [9.17, 15) is 19.5 Å². The Bertz CT molecular complexity index is 1350. The van der Waals surface area contributed by atoms with Gasteiger partial charge in [-0.15, -0.1) is 24.9 Å². The molecule has 0 aromatic heterocycles. The summed E-state index contributed by atoms with van der Waals surface area (Å²) in [6, 6.07) is 15.1. The first-order valence-corrected chi connectivity index (χ1v) is 15.6. The first kappa shape index (κ1) is 30.4. The molecule has 42 heavy (non-hydrogen) atoms. The average Bonchev–Trinajstić information content (AvgIpc) is 3.59. The molecule has 0 saturated carbocycles. The zero-order chi connectivity index (χ0) is 30.0. The highest BCUT2D eigenvalue weighted by molar-refractivity contribution is 8.02. The van der Waals surface area contributed by atoms with Crippen molar-refractivity contribution in [2.24, 2.45) is 17.8 Å². The molecular formula is C33H37ClN2O5S. The normalized spacial score (nSPS) is 28.3. The van der Waals surface area contributed by atoms with Gasteiger partial charge in [0.05, 0.1) is 46.5 Å². The number of nitrogens with zero attached hydrogens (tertiary/aromatic N) is 2. The molecule has 2 aromatic rings. The van der Waals surface area contributed by atoms with Crippen LogP contribution >= 0.6 is 23.4 Å². The summed E-state index contributed by atoms with van der Waals surface area (Å²) in [5.41, 5.74) is 1.45. The Morgan fingerprint density at radius 1 is 1.19 bits per heavy atom. The number of thioether (sulfide) groups is 1. The third-order valence-electron chi connectivity index (χ3n) is 8.90. The fraction of sp³-hybridized carbons (Fsp3) is 0.424. The number of hydrogen-bond acceptors (Lipinski definition) is 6. The molecule has 3 saturated heterocycles. The summed E-state index contributed by atoms with van der Waals surface area (Å²) in [6.45, 7) is 9.67. The van der Waals surface area contributed by atoms with Crippen LogP contribution in [0.15, 0.2) is 79.9 Å². The quantitative estimate of drug-likeness (QED) is 0.209. The maximum Gasteiger partial charge on any atom is 0.310 e. The standard InChI is InChI=1S/C33H37ClN2O5S/c1-4-6-17-41-32(40)27-26-18-21(3)33(42-26)28(27)30(38)36(23(20-37)19-22-12-8-7-9-13-22)29(33)31(39)35(16-5-2)25-15-11-10-14-24(25)34/h4-5,7-15,21,23,26-29,37H,1-2,6,16-20H2,3H3/t21?,23-,26+,27-,28+,29?,33?/m1/s1. The minimum absolute atomic E-state index is 0.0366. The number of ether oxygens (including phenoxy) is 1. The number of esters is 1. The molecule has 0 radical (unpaired) electrons. The van der Waals surface area contributed by atoms with Crippen molar-refractivity contribution in [1.29, 1.82) is 0 Å². The molecule has 3 unspecified atom stereocenters. The van der Waals surface area contributed by atoms with Gasteiger partial charge >= 0.3 is 5.97 Å². The highest BCUT2D eigenvalue weighted by atomic mass is 35.5. The number of fused-ring (bicyclic) bond motifs is 1. The van der Waals surface area contributed by atoms with Gasteiger partial charge in [0.25, 0.3) is 5.91 Å². The first-order valence-electron chi connectivity index (χ1n) is 14.4. The summed E-state index contributed by atoms with van der Waals surface area (Å²) >= 11 is 8.16. The van der Waals surface area contributed by atoms with Crippen molar-refractivity contribution in [1.82, 2.24) is 4.90 Å². The van der Waals surface area contributed by atoms with Gasteiger partial charge in [0.2, 0.25) is 5.91 Å². The highest BCUT2D eigenvalue weighted by Gasteiger charge is 2.77. The minimum Gasteiger partial charge on any atom is -0.465 e. The minimum atomic E-state index is -0.928. The number of aliphatic hydroxyl groups excluding tert-OH is 1. The maximum atomic E-state index is 14.9. The van der Waals surface area contributed by atoms with Gasteiger partial charge in [0, 0.05) is 11.8 Å². The molecule has 1 N–H and O–H groups in total. The summed E-state index contributed by atoms with van der Waals surface area (Å²) in [4.78, 5) is 46.2. The third kappa shape index (κ3) is 5.07. The van der Waals surface area contributed by atoms with Crippen molar-refractivity contribution in [2.75, 3.05) is 24.7 Å². The zero-order valence-electron chi connectivity index (χ0n) is 23.7. The molecule has 2 amide bonds. The van der Waals surface area contributed by atoms with Gasteiger partial charge in [-0.25, -0.2) is 0 Å². The van der Waals surface area contributed by atoms with Crippen molar-refractivity contribution in [3.8, 4) is 0 Å². The second kappa shape index (κ2) is 12.7. The van der Waals surface area contributed by atoms with Crippen LogP contribution in [0.1, 0.15) is 25.3 Å². The summed E-state index contributed by atoms with van der Waals surface area (Å²) in [5, 5.41) is 11.0. The lowest BCUT2D eigenvalue weighted by Gasteiger charge is -2.42. The van der Waals surface area contributed by atoms with Crippen LogP contribution in [-0.2, 0) is 25.5 Å². The number of hydrogen-bond donors (Lipinski definition) is 1. The first-order chi connectivity index (χ1) is 20.3. The van der Waals surface area contributed by atoms with Crippen LogP contribution in [0.3, 0.4) is 0 Å². The second-order valence-corrected chi connectivity index (χ2v) is 13.2. The number of anilines is 1. The van der Waals surface area contributed by atoms with E-state index in [1.807, 2.05) is 36.4 Å². The van der Waals surface area contributed by atoms with E-state index in [0.29, 0.717) is 30.0 Å². The topological polar surface area (TPSA) is 87.2 Å². The second-order valence-electron chi connectivity index (χ2n) is 11.3. The van der Waals surface area contributed by atoms with E-state index >= 15 is 0 Å². The fourth-order valence-electron chi connectivity index (χ4n) is 7.13. The molecule has 1 spiro atoms. The van der Waals surface area contributed by atoms with Crippen LogP contribution < -0.4 is 4.90 Å². The van der Waals surface area contributed by atoms with E-state index in [0.717, 1.165) is 5.56 Å². The number of benzene rings is 2. The molecule has 2 bridgehead atoms. The largest absolute Gasteiger partial charge is 0.465 e.